The second kappa shape index (κ2) is 6.29. The lowest BCUT2D eigenvalue weighted by atomic mass is 10.1. The van der Waals surface area contributed by atoms with E-state index in [4.69, 9.17) is 0 Å². The van der Waals surface area contributed by atoms with E-state index >= 15 is 0 Å². The average molecular weight is 359 g/mol. The van der Waals surface area contributed by atoms with Gasteiger partial charge in [0.1, 0.15) is 22.9 Å². The van der Waals surface area contributed by atoms with Crippen LogP contribution in [0.15, 0.2) is 27.9 Å². The molecule has 0 aromatic rings. The number of hydrogen-bond acceptors (Lipinski definition) is 4. The van der Waals surface area contributed by atoms with Crippen molar-refractivity contribution in [2.45, 2.75) is 43.4 Å². The predicted molar refractivity (Wildman–Crippen MR) is 76.7 cm³/mol. The molecule has 130 valence electrons. The summed E-state index contributed by atoms with van der Waals surface area (Å²) in [7, 11) is 0. The van der Waals surface area contributed by atoms with Crippen molar-refractivity contribution in [3.05, 3.63) is 22.9 Å². The number of halogens is 6. The standard InChI is InChI=1S/C13H15F6N3S/c1-11-8(3-6-23-11)10(20-5-2-4-12(14,15)16)21-9(22-11)7-13(17,18)19/h3,6,20H,2,4-5,7H2,1H3,(H,21,22). The molecule has 0 fully saturated rings. The maximum Gasteiger partial charge on any atom is 0.396 e. The Morgan fingerprint density at radius 1 is 1.22 bits per heavy atom. The summed E-state index contributed by atoms with van der Waals surface area (Å²) < 4.78 is 74.1. The Labute approximate surface area is 133 Å². The summed E-state index contributed by atoms with van der Waals surface area (Å²) in [6.45, 7) is 1.67. The predicted octanol–water partition coefficient (Wildman–Crippen LogP) is 4.06. The Morgan fingerprint density at radius 3 is 2.52 bits per heavy atom. The molecule has 0 aliphatic carbocycles. The molecule has 2 aliphatic rings. The highest BCUT2D eigenvalue weighted by Gasteiger charge is 2.40. The first kappa shape index (κ1) is 18.0. The van der Waals surface area contributed by atoms with Crippen LogP contribution in [0.3, 0.4) is 0 Å². The molecule has 2 heterocycles. The van der Waals surface area contributed by atoms with Gasteiger partial charge in [-0.2, -0.15) is 26.3 Å². The van der Waals surface area contributed by atoms with Crippen molar-refractivity contribution in [3.8, 4) is 0 Å². The largest absolute Gasteiger partial charge is 0.396 e. The fourth-order valence-electron chi connectivity index (χ4n) is 2.27. The molecule has 0 aromatic carbocycles. The number of nitrogens with one attached hydrogen (secondary N) is 2. The second-order valence-corrected chi connectivity index (χ2v) is 6.62. The van der Waals surface area contributed by atoms with E-state index in [1.165, 1.54) is 11.8 Å². The third-order valence-electron chi connectivity index (χ3n) is 3.23. The van der Waals surface area contributed by atoms with E-state index < -0.39 is 30.1 Å². The fourth-order valence-corrected chi connectivity index (χ4v) is 3.20. The number of nitrogens with zero attached hydrogens (tertiary/aromatic N) is 1. The summed E-state index contributed by atoms with van der Waals surface area (Å²) in [6.07, 6.45) is -9.31. The van der Waals surface area contributed by atoms with Gasteiger partial charge in [-0.3, -0.25) is 0 Å². The van der Waals surface area contributed by atoms with Crippen LogP contribution >= 0.6 is 11.8 Å². The van der Waals surface area contributed by atoms with E-state index in [0.29, 0.717) is 5.57 Å². The minimum atomic E-state index is -4.42. The van der Waals surface area contributed by atoms with E-state index in [0.717, 1.165) is 0 Å². The quantitative estimate of drug-likeness (QED) is 0.574. The van der Waals surface area contributed by atoms with Crippen molar-refractivity contribution < 1.29 is 26.3 Å². The van der Waals surface area contributed by atoms with E-state index in [1.807, 2.05) is 0 Å². The van der Waals surface area contributed by atoms with Crippen LogP contribution in [-0.2, 0) is 0 Å². The number of amidine groups is 1. The van der Waals surface area contributed by atoms with Gasteiger partial charge in [0, 0.05) is 18.5 Å². The van der Waals surface area contributed by atoms with Crippen LogP contribution in [0.1, 0.15) is 26.2 Å². The third-order valence-corrected chi connectivity index (χ3v) is 4.27. The first-order valence-corrected chi connectivity index (χ1v) is 7.69. The number of aliphatic imine (C=N–C) groups is 1. The van der Waals surface area contributed by atoms with Crippen molar-refractivity contribution in [2.75, 3.05) is 6.54 Å². The molecule has 2 aliphatic heterocycles. The molecule has 2 rings (SSSR count). The van der Waals surface area contributed by atoms with E-state index in [-0.39, 0.29) is 24.6 Å². The number of hydrogen-bond donors (Lipinski definition) is 2. The molecule has 3 nitrogen and oxygen atoms in total. The molecule has 0 amide bonds. The maximum absolute atomic E-state index is 12.6. The highest BCUT2D eigenvalue weighted by molar-refractivity contribution is 8.04. The summed E-state index contributed by atoms with van der Waals surface area (Å²) in [4.78, 5) is 3.20. The van der Waals surface area contributed by atoms with Crippen LogP contribution in [0.25, 0.3) is 0 Å². The van der Waals surface area contributed by atoms with Gasteiger partial charge in [-0.25, -0.2) is 4.99 Å². The lowest BCUT2D eigenvalue weighted by Gasteiger charge is -2.31. The van der Waals surface area contributed by atoms with Crippen LogP contribution in [0, 0.1) is 0 Å². The van der Waals surface area contributed by atoms with Gasteiger partial charge < -0.3 is 10.6 Å². The monoisotopic (exact) mass is 359 g/mol. The van der Waals surface area contributed by atoms with Crippen molar-refractivity contribution in [1.29, 1.82) is 0 Å². The van der Waals surface area contributed by atoms with Gasteiger partial charge in [0.2, 0.25) is 0 Å². The van der Waals surface area contributed by atoms with Gasteiger partial charge in [-0.15, -0.1) is 0 Å². The normalized spacial score (nSPS) is 24.4. The second-order valence-electron chi connectivity index (χ2n) is 5.31. The van der Waals surface area contributed by atoms with Gasteiger partial charge in [-0.1, -0.05) is 11.8 Å². The smallest absolute Gasteiger partial charge is 0.371 e. The molecule has 23 heavy (non-hydrogen) atoms. The van der Waals surface area contributed by atoms with Crippen LogP contribution < -0.4 is 10.6 Å². The van der Waals surface area contributed by atoms with Crippen molar-refractivity contribution in [1.82, 2.24) is 10.6 Å². The molecule has 1 atom stereocenters. The van der Waals surface area contributed by atoms with E-state index in [1.54, 1.807) is 18.4 Å². The zero-order valence-electron chi connectivity index (χ0n) is 12.1. The lowest BCUT2D eigenvalue weighted by molar-refractivity contribution is -0.135. The average Bonchev–Trinajstić information content (AvgIpc) is 2.72. The summed E-state index contributed by atoms with van der Waals surface area (Å²) in [5.74, 6) is 0.0310. The SMILES string of the molecule is CC12N=C(CC(F)(F)F)NC(NCCCC(F)(F)F)=C1C=CS2. The van der Waals surface area contributed by atoms with Gasteiger partial charge in [-0.05, 0) is 24.8 Å². The topological polar surface area (TPSA) is 36.4 Å². The first-order chi connectivity index (χ1) is 10.5. The maximum atomic E-state index is 12.6. The Kier molecular flexibility index (Phi) is 4.93. The van der Waals surface area contributed by atoms with Crippen molar-refractivity contribution in [2.24, 2.45) is 4.99 Å². The zero-order valence-corrected chi connectivity index (χ0v) is 12.9. The van der Waals surface area contributed by atoms with Crippen LogP contribution in [0.4, 0.5) is 26.3 Å². The third kappa shape index (κ3) is 5.08. The first-order valence-electron chi connectivity index (χ1n) is 6.81. The van der Waals surface area contributed by atoms with Crippen molar-refractivity contribution >= 4 is 17.6 Å². The Bertz CT molecular complexity index is 549. The van der Waals surface area contributed by atoms with E-state index in [9.17, 15) is 26.3 Å². The zero-order chi connectivity index (χ0) is 17.3. The molecule has 0 bridgehead atoms. The van der Waals surface area contributed by atoms with Crippen LogP contribution in [0.5, 0.6) is 0 Å². The van der Waals surface area contributed by atoms with Crippen LogP contribution in [0.2, 0.25) is 0 Å². The highest BCUT2D eigenvalue weighted by Crippen LogP contribution is 2.44. The summed E-state index contributed by atoms with van der Waals surface area (Å²) >= 11 is 1.25. The Morgan fingerprint density at radius 2 is 1.91 bits per heavy atom. The summed E-state index contributed by atoms with van der Waals surface area (Å²) in [6, 6.07) is 0. The van der Waals surface area contributed by atoms with Gasteiger partial charge in [0.15, 0.2) is 0 Å². The Balaban J connectivity index is 2.05. The number of rotatable bonds is 5. The van der Waals surface area contributed by atoms with Crippen molar-refractivity contribution in [3.63, 3.8) is 0 Å². The molecular weight excluding hydrogens is 344 g/mol. The number of alkyl halides is 6. The minimum absolute atomic E-state index is 0.000766. The minimum Gasteiger partial charge on any atom is -0.371 e. The summed E-state index contributed by atoms with van der Waals surface area (Å²) in [5, 5.41) is 7.02. The molecule has 0 aromatic heterocycles. The molecule has 0 radical (unpaired) electrons. The highest BCUT2D eigenvalue weighted by atomic mass is 32.2. The van der Waals surface area contributed by atoms with E-state index in [2.05, 4.69) is 15.6 Å². The van der Waals surface area contributed by atoms with Gasteiger partial charge in [0.05, 0.1) is 0 Å². The van der Waals surface area contributed by atoms with Gasteiger partial charge in [0.25, 0.3) is 0 Å². The Hall–Kier alpha value is -1.32. The number of thioether (sulfide) groups is 1. The number of fused-ring (bicyclic) bond motifs is 1. The molecule has 0 spiro atoms. The molecule has 1 unspecified atom stereocenters. The molecule has 10 heteroatoms. The molecule has 0 saturated carbocycles. The fraction of sp³-hybridized carbons (Fsp3) is 0.615. The van der Waals surface area contributed by atoms with Gasteiger partial charge >= 0.3 is 12.4 Å². The molecule has 2 N–H and O–H groups in total. The summed E-state index contributed by atoms with van der Waals surface area (Å²) in [5.41, 5.74) is 0.625. The molecule has 0 saturated heterocycles. The van der Waals surface area contributed by atoms with Crippen LogP contribution in [-0.4, -0.2) is 29.6 Å². The molecular formula is C13H15F6N3S. The lowest BCUT2D eigenvalue weighted by Crippen LogP contribution is -2.43.